The van der Waals surface area contributed by atoms with Gasteiger partial charge in [-0.1, -0.05) is 6.07 Å². The number of rotatable bonds is 3. The molecule has 1 aromatic rings. The van der Waals surface area contributed by atoms with Crippen molar-refractivity contribution in [3.05, 3.63) is 24.3 Å². The molecule has 1 aliphatic rings. The van der Waals surface area contributed by atoms with Gasteiger partial charge in [0.2, 0.25) is 5.91 Å². The highest BCUT2D eigenvalue weighted by Gasteiger charge is 2.32. The maximum Gasteiger partial charge on any atom is 0.573 e. The minimum atomic E-state index is -4.74. The maximum atomic E-state index is 12.1. The van der Waals surface area contributed by atoms with Gasteiger partial charge in [-0.2, -0.15) is 0 Å². The smallest absolute Gasteiger partial charge is 0.406 e. The number of carbonyl (C=O) groups is 1. The molecule has 1 fully saturated rings. The Labute approximate surface area is 114 Å². The molecule has 0 aliphatic carbocycles. The lowest BCUT2D eigenvalue weighted by atomic mass is 10.0. The predicted molar refractivity (Wildman–Crippen MR) is 67.3 cm³/mol. The third-order valence-corrected chi connectivity index (χ3v) is 3.20. The summed E-state index contributed by atoms with van der Waals surface area (Å²) >= 11 is 0. The standard InChI is InChI=1S/C13H15F3N2O2/c1-8-11(5-6-17-8)12(19)18-9-3-2-4-10(7-9)20-13(14,15)16/h2-4,7-8,11,17H,5-6H2,1H3,(H,18,19). The number of anilines is 1. The lowest BCUT2D eigenvalue weighted by molar-refractivity contribution is -0.274. The van der Waals surface area contributed by atoms with Gasteiger partial charge in [0.05, 0.1) is 5.92 Å². The van der Waals surface area contributed by atoms with Crippen LogP contribution in [0.25, 0.3) is 0 Å². The lowest BCUT2D eigenvalue weighted by Crippen LogP contribution is -2.32. The van der Waals surface area contributed by atoms with Crippen molar-refractivity contribution >= 4 is 11.6 Å². The average Bonchev–Trinajstić information content (AvgIpc) is 2.73. The van der Waals surface area contributed by atoms with Gasteiger partial charge in [-0.25, -0.2) is 0 Å². The highest BCUT2D eigenvalue weighted by molar-refractivity contribution is 5.93. The largest absolute Gasteiger partial charge is 0.573 e. The van der Waals surface area contributed by atoms with E-state index in [4.69, 9.17) is 0 Å². The van der Waals surface area contributed by atoms with Crippen molar-refractivity contribution in [1.29, 1.82) is 0 Å². The molecular weight excluding hydrogens is 273 g/mol. The molecule has 1 aromatic carbocycles. The van der Waals surface area contributed by atoms with Gasteiger partial charge in [0.1, 0.15) is 5.75 Å². The van der Waals surface area contributed by atoms with Crippen LogP contribution in [0, 0.1) is 5.92 Å². The van der Waals surface area contributed by atoms with Crippen LogP contribution in [0.4, 0.5) is 18.9 Å². The first kappa shape index (κ1) is 14.6. The highest BCUT2D eigenvalue weighted by atomic mass is 19.4. The Morgan fingerprint density at radius 2 is 2.20 bits per heavy atom. The van der Waals surface area contributed by atoms with E-state index in [2.05, 4.69) is 15.4 Å². The van der Waals surface area contributed by atoms with Crippen LogP contribution in [-0.4, -0.2) is 24.9 Å². The van der Waals surface area contributed by atoms with Crippen molar-refractivity contribution in [3.63, 3.8) is 0 Å². The first-order valence-corrected chi connectivity index (χ1v) is 6.25. The molecule has 0 bridgehead atoms. The fourth-order valence-electron chi connectivity index (χ4n) is 2.22. The van der Waals surface area contributed by atoms with E-state index in [9.17, 15) is 18.0 Å². The number of hydrogen-bond acceptors (Lipinski definition) is 3. The lowest BCUT2D eigenvalue weighted by Gasteiger charge is -2.15. The number of hydrogen-bond donors (Lipinski definition) is 2. The van der Waals surface area contributed by atoms with Gasteiger partial charge in [0, 0.05) is 17.8 Å². The molecule has 110 valence electrons. The van der Waals surface area contributed by atoms with Crippen molar-refractivity contribution in [2.24, 2.45) is 5.92 Å². The van der Waals surface area contributed by atoms with Crippen LogP contribution < -0.4 is 15.4 Å². The molecule has 0 aromatic heterocycles. The number of benzene rings is 1. The van der Waals surface area contributed by atoms with Crippen LogP contribution in [0.5, 0.6) is 5.75 Å². The predicted octanol–water partition coefficient (Wildman–Crippen LogP) is 2.52. The summed E-state index contributed by atoms with van der Waals surface area (Å²) < 4.78 is 40.2. The van der Waals surface area contributed by atoms with E-state index in [1.54, 1.807) is 0 Å². The van der Waals surface area contributed by atoms with Crippen LogP contribution >= 0.6 is 0 Å². The van der Waals surface area contributed by atoms with Gasteiger partial charge in [-0.15, -0.1) is 13.2 Å². The molecule has 7 heteroatoms. The zero-order chi connectivity index (χ0) is 14.8. The highest BCUT2D eigenvalue weighted by Crippen LogP contribution is 2.26. The summed E-state index contributed by atoms with van der Waals surface area (Å²) in [5, 5.41) is 5.76. The second-order valence-electron chi connectivity index (χ2n) is 4.70. The van der Waals surface area contributed by atoms with E-state index in [-0.39, 0.29) is 29.3 Å². The van der Waals surface area contributed by atoms with Crippen molar-refractivity contribution in [2.75, 3.05) is 11.9 Å². The molecule has 0 spiro atoms. The first-order valence-electron chi connectivity index (χ1n) is 6.25. The zero-order valence-corrected chi connectivity index (χ0v) is 10.8. The molecule has 2 atom stereocenters. The van der Waals surface area contributed by atoms with E-state index in [1.165, 1.54) is 18.2 Å². The van der Waals surface area contributed by atoms with Crippen LogP contribution in [0.1, 0.15) is 13.3 Å². The van der Waals surface area contributed by atoms with E-state index >= 15 is 0 Å². The molecule has 2 N–H and O–H groups in total. The Morgan fingerprint density at radius 3 is 2.80 bits per heavy atom. The molecular formula is C13H15F3N2O2. The van der Waals surface area contributed by atoms with Crippen LogP contribution in [0.15, 0.2) is 24.3 Å². The normalized spacial score (nSPS) is 22.6. The minimum absolute atomic E-state index is 0.0598. The summed E-state index contributed by atoms with van der Waals surface area (Å²) in [6.07, 6.45) is -4.03. The first-order chi connectivity index (χ1) is 9.35. The molecule has 1 amide bonds. The Kier molecular flexibility index (Phi) is 4.17. The van der Waals surface area contributed by atoms with Gasteiger partial charge < -0.3 is 15.4 Å². The fraction of sp³-hybridized carbons (Fsp3) is 0.462. The minimum Gasteiger partial charge on any atom is -0.406 e. The summed E-state index contributed by atoms with van der Waals surface area (Å²) in [5.41, 5.74) is 0.288. The monoisotopic (exact) mass is 288 g/mol. The molecule has 2 unspecified atom stereocenters. The summed E-state index contributed by atoms with van der Waals surface area (Å²) in [6.45, 7) is 2.66. The topological polar surface area (TPSA) is 50.4 Å². The maximum absolute atomic E-state index is 12.1. The van der Waals surface area contributed by atoms with Crippen LogP contribution in [-0.2, 0) is 4.79 Å². The van der Waals surface area contributed by atoms with Crippen molar-refractivity contribution in [1.82, 2.24) is 5.32 Å². The Bertz CT molecular complexity index is 491. The fourth-order valence-corrected chi connectivity index (χ4v) is 2.22. The Hall–Kier alpha value is -1.76. The van der Waals surface area contributed by atoms with Crippen LogP contribution in [0.3, 0.4) is 0 Å². The van der Waals surface area contributed by atoms with Gasteiger partial charge in [0.15, 0.2) is 0 Å². The Balaban J connectivity index is 2.02. The van der Waals surface area contributed by atoms with Crippen molar-refractivity contribution < 1.29 is 22.7 Å². The summed E-state index contributed by atoms with van der Waals surface area (Å²) in [5.74, 6) is -0.734. The van der Waals surface area contributed by atoms with Gasteiger partial charge in [-0.3, -0.25) is 4.79 Å². The third kappa shape index (κ3) is 3.86. The number of alkyl halides is 3. The zero-order valence-electron chi connectivity index (χ0n) is 10.8. The quantitative estimate of drug-likeness (QED) is 0.898. The third-order valence-electron chi connectivity index (χ3n) is 3.20. The van der Waals surface area contributed by atoms with Crippen molar-refractivity contribution in [3.8, 4) is 5.75 Å². The van der Waals surface area contributed by atoms with E-state index in [0.29, 0.717) is 6.42 Å². The van der Waals surface area contributed by atoms with E-state index in [0.717, 1.165) is 12.6 Å². The van der Waals surface area contributed by atoms with Gasteiger partial charge in [0.25, 0.3) is 0 Å². The Morgan fingerprint density at radius 1 is 1.45 bits per heavy atom. The molecule has 1 aliphatic heterocycles. The van der Waals surface area contributed by atoms with E-state index < -0.39 is 6.36 Å². The number of ether oxygens (including phenoxy) is 1. The number of amides is 1. The summed E-state index contributed by atoms with van der Waals surface area (Å²) in [4.78, 5) is 12.0. The molecule has 1 heterocycles. The second-order valence-corrected chi connectivity index (χ2v) is 4.70. The molecule has 4 nitrogen and oxygen atoms in total. The van der Waals surface area contributed by atoms with Gasteiger partial charge in [-0.05, 0) is 32.0 Å². The number of halogens is 3. The van der Waals surface area contributed by atoms with Crippen LogP contribution in [0.2, 0.25) is 0 Å². The molecule has 1 saturated heterocycles. The summed E-state index contributed by atoms with van der Waals surface area (Å²) in [6, 6.07) is 5.31. The van der Waals surface area contributed by atoms with Crippen molar-refractivity contribution in [2.45, 2.75) is 25.7 Å². The molecule has 20 heavy (non-hydrogen) atoms. The van der Waals surface area contributed by atoms with E-state index in [1.807, 2.05) is 6.92 Å². The SMILES string of the molecule is CC1NCCC1C(=O)Nc1cccc(OC(F)(F)F)c1. The van der Waals surface area contributed by atoms with Gasteiger partial charge >= 0.3 is 6.36 Å². The summed E-state index contributed by atoms with van der Waals surface area (Å²) in [7, 11) is 0. The second kappa shape index (κ2) is 5.70. The molecule has 0 saturated carbocycles. The number of carbonyl (C=O) groups excluding carboxylic acids is 1. The number of nitrogens with one attached hydrogen (secondary N) is 2. The average molecular weight is 288 g/mol. The molecule has 0 radical (unpaired) electrons. The molecule has 2 rings (SSSR count).